The normalized spacial score (nSPS) is 9.96. The fraction of sp³-hybridized carbons (Fsp3) is 0.222. The van der Waals surface area contributed by atoms with Crippen molar-refractivity contribution in [2.75, 3.05) is 20.8 Å². The number of carbonyl (C=O) groups excluding carboxylic acids is 2. The number of esters is 1. The molecule has 0 heterocycles. The van der Waals surface area contributed by atoms with E-state index in [0.717, 1.165) is 5.56 Å². The largest absolute Gasteiger partial charge is 0.496 e. The van der Waals surface area contributed by atoms with Crippen LogP contribution in [0.3, 0.4) is 0 Å². The molecule has 6 nitrogen and oxygen atoms in total. The Morgan fingerprint density at radius 2 is 1.62 bits per heavy atom. The predicted octanol–water partition coefficient (Wildman–Crippen LogP) is 2.35. The van der Waals surface area contributed by atoms with Gasteiger partial charge in [0.2, 0.25) is 0 Å². The van der Waals surface area contributed by atoms with Gasteiger partial charge in [-0.3, -0.25) is 4.79 Å². The molecule has 0 spiro atoms. The van der Waals surface area contributed by atoms with Gasteiger partial charge in [0.25, 0.3) is 5.91 Å². The van der Waals surface area contributed by atoms with Gasteiger partial charge in [0.15, 0.2) is 0 Å². The summed E-state index contributed by atoms with van der Waals surface area (Å²) in [4.78, 5) is 24.2. The van der Waals surface area contributed by atoms with Crippen LogP contribution in [0.25, 0.3) is 0 Å². The lowest BCUT2D eigenvalue weighted by atomic mass is 10.1. The molecular weight excluding hydrogens is 310 g/mol. The monoisotopic (exact) mass is 329 g/mol. The van der Waals surface area contributed by atoms with Gasteiger partial charge in [0, 0.05) is 0 Å². The highest BCUT2D eigenvalue weighted by molar-refractivity contribution is 6.01. The maximum Gasteiger partial charge on any atom is 0.330 e. The van der Waals surface area contributed by atoms with Crippen LogP contribution in [0.2, 0.25) is 0 Å². The van der Waals surface area contributed by atoms with E-state index >= 15 is 0 Å². The minimum absolute atomic E-state index is 0.228. The Labute approximate surface area is 140 Å². The Bertz CT molecular complexity index is 720. The lowest BCUT2D eigenvalue weighted by Crippen LogP contribution is -2.32. The number of methoxy groups -OCH3 is 2. The maximum absolute atomic E-state index is 12.3. The van der Waals surface area contributed by atoms with Crippen molar-refractivity contribution in [2.45, 2.75) is 6.92 Å². The topological polar surface area (TPSA) is 73.9 Å². The molecule has 0 aliphatic rings. The van der Waals surface area contributed by atoms with Crippen LogP contribution in [0.15, 0.2) is 42.5 Å². The van der Waals surface area contributed by atoms with E-state index in [1.807, 2.05) is 13.0 Å². The van der Waals surface area contributed by atoms with Gasteiger partial charge in [-0.2, -0.15) is 0 Å². The Balaban J connectivity index is 2.02. The smallest absolute Gasteiger partial charge is 0.330 e. The molecule has 0 saturated carbocycles. The molecule has 0 aliphatic carbocycles. The second kappa shape index (κ2) is 8.01. The number of ether oxygens (including phenoxy) is 3. The summed E-state index contributed by atoms with van der Waals surface area (Å²) in [6.07, 6.45) is 0. The summed E-state index contributed by atoms with van der Waals surface area (Å²) in [6.45, 7) is 1.63. The summed E-state index contributed by atoms with van der Waals surface area (Å²) < 4.78 is 15.5. The van der Waals surface area contributed by atoms with E-state index < -0.39 is 11.9 Å². The van der Waals surface area contributed by atoms with Crippen molar-refractivity contribution in [2.24, 2.45) is 0 Å². The van der Waals surface area contributed by atoms with Crippen LogP contribution in [-0.2, 0) is 4.79 Å². The first-order valence-corrected chi connectivity index (χ1v) is 7.31. The van der Waals surface area contributed by atoms with Crippen LogP contribution in [0.4, 0.5) is 0 Å². The average molecular weight is 329 g/mol. The highest BCUT2D eigenvalue weighted by Gasteiger charge is 2.19. The molecule has 1 N–H and O–H groups in total. The highest BCUT2D eigenvalue weighted by Crippen LogP contribution is 2.27. The van der Waals surface area contributed by atoms with Gasteiger partial charge in [-0.15, -0.1) is 0 Å². The van der Waals surface area contributed by atoms with Gasteiger partial charge >= 0.3 is 5.97 Å². The van der Waals surface area contributed by atoms with E-state index in [1.165, 1.54) is 14.2 Å². The minimum atomic E-state index is -0.567. The number of carbonyl (C=O) groups is 2. The number of hydrogen-bond donors (Lipinski definition) is 1. The number of benzene rings is 2. The molecule has 0 bridgehead atoms. The van der Waals surface area contributed by atoms with E-state index in [9.17, 15) is 9.59 Å². The molecule has 0 fully saturated rings. The van der Waals surface area contributed by atoms with Gasteiger partial charge in [-0.05, 0) is 36.8 Å². The third-order valence-corrected chi connectivity index (χ3v) is 3.27. The summed E-state index contributed by atoms with van der Waals surface area (Å²) in [5.74, 6) is 0.107. The fourth-order valence-electron chi connectivity index (χ4n) is 2.16. The molecule has 0 atom stereocenters. The van der Waals surface area contributed by atoms with E-state index in [1.54, 1.807) is 36.4 Å². The standard InChI is InChI=1S/C18H19NO5/c1-12-6-4-7-13(10-12)24-16(20)11-19-18(21)17-14(22-2)8-5-9-15(17)23-3/h4-10H,11H2,1-3H3,(H,19,21). The molecule has 0 saturated heterocycles. The van der Waals surface area contributed by atoms with Gasteiger partial charge in [-0.25, -0.2) is 4.79 Å². The van der Waals surface area contributed by atoms with Crippen LogP contribution < -0.4 is 19.5 Å². The van der Waals surface area contributed by atoms with Crippen LogP contribution >= 0.6 is 0 Å². The SMILES string of the molecule is COc1cccc(OC)c1C(=O)NCC(=O)Oc1cccc(C)c1. The van der Waals surface area contributed by atoms with Crippen molar-refractivity contribution in [1.29, 1.82) is 0 Å². The average Bonchev–Trinajstić information content (AvgIpc) is 2.58. The molecule has 0 aromatic heterocycles. The molecular formula is C18H19NO5. The number of amides is 1. The zero-order chi connectivity index (χ0) is 17.5. The van der Waals surface area contributed by atoms with E-state index in [2.05, 4.69) is 5.32 Å². The first-order chi connectivity index (χ1) is 11.5. The third kappa shape index (κ3) is 4.25. The van der Waals surface area contributed by atoms with Crippen LogP contribution in [-0.4, -0.2) is 32.6 Å². The summed E-state index contributed by atoms with van der Waals surface area (Å²) >= 11 is 0. The van der Waals surface area contributed by atoms with E-state index in [4.69, 9.17) is 14.2 Å². The molecule has 0 unspecified atom stereocenters. The zero-order valence-corrected chi connectivity index (χ0v) is 13.8. The van der Waals surface area contributed by atoms with Crippen LogP contribution in [0, 0.1) is 6.92 Å². The van der Waals surface area contributed by atoms with Gasteiger partial charge < -0.3 is 19.5 Å². The zero-order valence-electron chi connectivity index (χ0n) is 13.8. The van der Waals surface area contributed by atoms with Crippen molar-refractivity contribution in [1.82, 2.24) is 5.32 Å². The Kier molecular flexibility index (Phi) is 5.78. The quantitative estimate of drug-likeness (QED) is 0.650. The molecule has 6 heteroatoms. The number of nitrogens with one attached hydrogen (secondary N) is 1. The number of aryl methyl sites for hydroxylation is 1. The number of rotatable bonds is 6. The van der Waals surface area contributed by atoms with E-state index in [-0.39, 0.29) is 12.1 Å². The summed E-state index contributed by atoms with van der Waals surface area (Å²) in [5.41, 5.74) is 1.20. The molecule has 1 amide bonds. The number of hydrogen-bond acceptors (Lipinski definition) is 5. The molecule has 2 rings (SSSR count). The van der Waals surface area contributed by atoms with Gasteiger partial charge in [-0.1, -0.05) is 18.2 Å². The Morgan fingerprint density at radius 3 is 2.21 bits per heavy atom. The predicted molar refractivity (Wildman–Crippen MR) is 88.7 cm³/mol. The summed E-state index contributed by atoms with van der Waals surface area (Å²) in [7, 11) is 2.91. The first kappa shape index (κ1) is 17.3. The second-order valence-electron chi connectivity index (χ2n) is 5.01. The van der Waals surface area contributed by atoms with Crippen molar-refractivity contribution in [3.8, 4) is 17.2 Å². The van der Waals surface area contributed by atoms with Crippen molar-refractivity contribution in [3.63, 3.8) is 0 Å². The minimum Gasteiger partial charge on any atom is -0.496 e. The van der Waals surface area contributed by atoms with E-state index in [0.29, 0.717) is 17.2 Å². The van der Waals surface area contributed by atoms with Crippen molar-refractivity contribution < 1.29 is 23.8 Å². The molecule has 126 valence electrons. The first-order valence-electron chi connectivity index (χ1n) is 7.31. The molecule has 0 radical (unpaired) electrons. The van der Waals surface area contributed by atoms with Crippen molar-refractivity contribution >= 4 is 11.9 Å². The fourth-order valence-corrected chi connectivity index (χ4v) is 2.16. The lowest BCUT2D eigenvalue weighted by Gasteiger charge is -2.12. The van der Waals surface area contributed by atoms with Crippen LogP contribution in [0.5, 0.6) is 17.2 Å². The summed E-state index contributed by atoms with van der Waals surface area (Å²) in [6, 6.07) is 12.1. The Hall–Kier alpha value is -3.02. The lowest BCUT2D eigenvalue weighted by molar-refractivity contribution is -0.133. The van der Waals surface area contributed by atoms with Crippen molar-refractivity contribution in [3.05, 3.63) is 53.6 Å². The third-order valence-electron chi connectivity index (χ3n) is 3.27. The Morgan fingerprint density at radius 1 is 1.00 bits per heavy atom. The van der Waals surface area contributed by atoms with Gasteiger partial charge in [0.05, 0.1) is 14.2 Å². The molecule has 24 heavy (non-hydrogen) atoms. The molecule has 2 aromatic carbocycles. The summed E-state index contributed by atoms with van der Waals surface area (Å²) in [5, 5.41) is 2.51. The van der Waals surface area contributed by atoms with Gasteiger partial charge in [0.1, 0.15) is 29.4 Å². The molecule has 2 aromatic rings. The molecule has 0 aliphatic heterocycles. The second-order valence-corrected chi connectivity index (χ2v) is 5.01. The van der Waals surface area contributed by atoms with Crippen LogP contribution in [0.1, 0.15) is 15.9 Å². The highest BCUT2D eigenvalue weighted by atomic mass is 16.5. The maximum atomic E-state index is 12.3.